The Morgan fingerprint density at radius 2 is 1.88 bits per heavy atom. The van der Waals surface area contributed by atoms with Gasteiger partial charge in [0.2, 0.25) is 0 Å². The molecule has 1 N–H and O–H groups in total. The summed E-state index contributed by atoms with van der Waals surface area (Å²) in [5, 5.41) is 20.0. The highest BCUT2D eigenvalue weighted by atomic mass is 32.2. The van der Waals surface area contributed by atoms with Gasteiger partial charge in [-0.25, -0.2) is 0 Å². The number of Topliss-reactive ketones (excluding diaryl/α,β-unsaturated/α-hetero) is 1. The number of thioether (sulfide) groups is 1. The second kappa shape index (κ2) is 10.4. The number of aryl methyl sites for hydroxylation is 1. The number of nitrogens with zero attached hydrogens (tertiary/aromatic N) is 4. The van der Waals surface area contributed by atoms with Gasteiger partial charge in [0.15, 0.2) is 16.8 Å². The van der Waals surface area contributed by atoms with Crippen LogP contribution in [0.25, 0.3) is 17.1 Å². The van der Waals surface area contributed by atoms with E-state index in [9.17, 15) is 9.90 Å². The first kappa shape index (κ1) is 22.7. The van der Waals surface area contributed by atoms with Crippen LogP contribution in [0.2, 0.25) is 0 Å². The number of aliphatic hydroxyl groups excluding tert-OH is 1. The summed E-state index contributed by atoms with van der Waals surface area (Å²) in [6.07, 6.45) is 2.76. The van der Waals surface area contributed by atoms with Gasteiger partial charge in [-0.1, -0.05) is 30.0 Å². The SMILES string of the molecule is CC(=O)c1ccc(OCC(O)CSc2nnc(-c3cccnc3)n2-c2ccccc2C)cc1. The zero-order chi connectivity index (χ0) is 23.2. The molecule has 0 saturated heterocycles. The van der Waals surface area contributed by atoms with E-state index < -0.39 is 6.10 Å². The van der Waals surface area contributed by atoms with Crippen molar-refractivity contribution in [1.29, 1.82) is 0 Å². The predicted octanol–water partition coefficient (Wildman–Crippen LogP) is 4.37. The quantitative estimate of drug-likeness (QED) is 0.293. The topological polar surface area (TPSA) is 90.1 Å². The molecule has 2 aromatic heterocycles. The number of hydrogen-bond acceptors (Lipinski definition) is 7. The Morgan fingerprint density at radius 3 is 2.58 bits per heavy atom. The molecule has 4 rings (SSSR count). The van der Waals surface area contributed by atoms with E-state index in [1.54, 1.807) is 36.7 Å². The van der Waals surface area contributed by atoms with E-state index in [1.165, 1.54) is 18.7 Å². The predicted molar refractivity (Wildman–Crippen MR) is 128 cm³/mol. The number of rotatable bonds is 9. The lowest BCUT2D eigenvalue weighted by Crippen LogP contribution is -2.20. The zero-order valence-corrected chi connectivity index (χ0v) is 19.2. The van der Waals surface area contributed by atoms with Crippen molar-refractivity contribution in [2.75, 3.05) is 12.4 Å². The van der Waals surface area contributed by atoms with E-state index in [0.717, 1.165) is 16.8 Å². The summed E-state index contributed by atoms with van der Waals surface area (Å²) in [7, 11) is 0. The van der Waals surface area contributed by atoms with E-state index in [4.69, 9.17) is 4.74 Å². The maximum absolute atomic E-state index is 11.4. The van der Waals surface area contributed by atoms with Crippen LogP contribution in [-0.2, 0) is 0 Å². The van der Waals surface area contributed by atoms with Crippen molar-refractivity contribution in [3.63, 3.8) is 0 Å². The van der Waals surface area contributed by atoms with Crippen molar-refractivity contribution in [2.24, 2.45) is 0 Å². The number of hydrogen-bond donors (Lipinski definition) is 1. The Bertz CT molecular complexity index is 1230. The molecule has 0 aliphatic rings. The van der Waals surface area contributed by atoms with Crippen LogP contribution in [0.5, 0.6) is 5.75 Å². The summed E-state index contributed by atoms with van der Waals surface area (Å²) in [4.78, 5) is 15.6. The minimum atomic E-state index is -0.716. The van der Waals surface area contributed by atoms with Gasteiger partial charge in [-0.15, -0.1) is 10.2 Å². The molecule has 0 amide bonds. The van der Waals surface area contributed by atoms with Crippen molar-refractivity contribution in [3.05, 3.63) is 84.2 Å². The lowest BCUT2D eigenvalue weighted by atomic mass is 10.1. The Hall–Kier alpha value is -3.49. The molecule has 0 aliphatic heterocycles. The number of ketones is 1. The molecule has 2 heterocycles. The highest BCUT2D eigenvalue weighted by Gasteiger charge is 2.19. The first-order valence-corrected chi connectivity index (χ1v) is 11.5. The monoisotopic (exact) mass is 460 g/mol. The molecule has 1 atom stereocenters. The van der Waals surface area contributed by atoms with Gasteiger partial charge in [0.05, 0.1) is 11.8 Å². The molecule has 7 nitrogen and oxygen atoms in total. The Balaban J connectivity index is 1.48. The minimum absolute atomic E-state index is 0.00130. The fraction of sp³-hybridized carbons (Fsp3) is 0.200. The summed E-state index contributed by atoms with van der Waals surface area (Å²) < 4.78 is 7.66. The van der Waals surface area contributed by atoms with Gasteiger partial charge >= 0.3 is 0 Å². The molecule has 8 heteroatoms. The van der Waals surface area contributed by atoms with E-state index in [2.05, 4.69) is 15.2 Å². The average Bonchev–Trinajstić information content (AvgIpc) is 3.26. The standard InChI is InChI=1S/C25H24N4O3S/c1-17-6-3-4-8-23(17)29-24(20-7-5-13-26-14-20)27-28-25(29)33-16-21(31)15-32-22-11-9-19(10-12-22)18(2)30/h3-14,21,31H,15-16H2,1-2H3. The van der Waals surface area contributed by atoms with Crippen LogP contribution in [0.1, 0.15) is 22.8 Å². The van der Waals surface area contributed by atoms with Crippen LogP contribution in [0.3, 0.4) is 0 Å². The average molecular weight is 461 g/mol. The highest BCUT2D eigenvalue weighted by molar-refractivity contribution is 7.99. The fourth-order valence-electron chi connectivity index (χ4n) is 3.27. The van der Waals surface area contributed by atoms with Crippen LogP contribution < -0.4 is 4.74 Å². The van der Waals surface area contributed by atoms with Crippen molar-refractivity contribution < 1.29 is 14.6 Å². The number of carbonyl (C=O) groups excluding carboxylic acids is 1. The first-order chi connectivity index (χ1) is 16.0. The fourth-order valence-corrected chi connectivity index (χ4v) is 4.12. The summed E-state index contributed by atoms with van der Waals surface area (Å²) in [5.41, 5.74) is 3.54. The third kappa shape index (κ3) is 5.47. The lowest BCUT2D eigenvalue weighted by Gasteiger charge is -2.14. The van der Waals surface area contributed by atoms with Gasteiger partial charge in [-0.05, 0) is 61.9 Å². The summed E-state index contributed by atoms with van der Waals surface area (Å²) in [6.45, 7) is 3.68. The maximum Gasteiger partial charge on any atom is 0.196 e. The molecular formula is C25H24N4O3S. The maximum atomic E-state index is 11.4. The molecule has 0 fully saturated rings. The normalized spacial score (nSPS) is 11.8. The second-order valence-corrected chi connectivity index (χ2v) is 8.51. The molecule has 0 saturated carbocycles. The van der Waals surface area contributed by atoms with Crippen LogP contribution in [-0.4, -0.2) is 49.1 Å². The van der Waals surface area contributed by atoms with E-state index in [1.807, 2.05) is 47.9 Å². The number of carbonyl (C=O) groups is 1. The Labute approximate surface area is 196 Å². The van der Waals surface area contributed by atoms with Crippen molar-refractivity contribution in [3.8, 4) is 22.8 Å². The van der Waals surface area contributed by atoms with Crippen LogP contribution in [0.4, 0.5) is 0 Å². The largest absolute Gasteiger partial charge is 0.491 e. The molecule has 2 aromatic carbocycles. The van der Waals surface area contributed by atoms with Crippen LogP contribution in [0, 0.1) is 6.92 Å². The molecule has 168 valence electrons. The smallest absolute Gasteiger partial charge is 0.196 e. The Morgan fingerprint density at radius 1 is 1.09 bits per heavy atom. The van der Waals surface area contributed by atoms with Gasteiger partial charge in [-0.3, -0.25) is 14.3 Å². The molecule has 0 spiro atoms. The first-order valence-electron chi connectivity index (χ1n) is 10.5. The van der Waals surface area contributed by atoms with Gasteiger partial charge in [0.1, 0.15) is 12.4 Å². The summed E-state index contributed by atoms with van der Waals surface area (Å²) in [5.74, 6) is 1.67. The minimum Gasteiger partial charge on any atom is -0.491 e. The Kier molecular flexibility index (Phi) is 7.16. The molecule has 0 radical (unpaired) electrons. The third-order valence-corrected chi connectivity index (χ3v) is 6.09. The van der Waals surface area contributed by atoms with E-state index in [0.29, 0.717) is 28.0 Å². The summed E-state index contributed by atoms with van der Waals surface area (Å²) in [6, 6.07) is 18.7. The van der Waals surface area contributed by atoms with Crippen LogP contribution in [0.15, 0.2) is 78.2 Å². The lowest BCUT2D eigenvalue weighted by molar-refractivity contribution is 0.101. The van der Waals surface area contributed by atoms with Crippen molar-refractivity contribution >= 4 is 17.5 Å². The molecule has 1 unspecified atom stereocenters. The molecule has 33 heavy (non-hydrogen) atoms. The van der Waals surface area contributed by atoms with Gasteiger partial charge in [0, 0.05) is 29.3 Å². The number of benzene rings is 2. The van der Waals surface area contributed by atoms with Crippen LogP contribution >= 0.6 is 11.8 Å². The molecule has 0 aliphatic carbocycles. The van der Waals surface area contributed by atoms with Crippen molar-refractivity contribution in [1.82, 2.24) is 19.7 Å². The zero-order valence-electron chi connectivity index (χ0n) is 18.4. The molecule has 4 aromatic rings. The van der Waals surface area contributed by atoms with E-state index >= 15 is 0 Å². The summed E-state index contributed by atoms with van der Waals surface area (Å²) >= 11 is 1.41. The number of aliphatic hydroxyl groups is 1. The number of aromatic nitrogens is 4. The highest BCUT2D eigenvalue weighted by Crippen LogP contribution is 2.29. The van der Waals surface area contributed by atoms with Crippen molar-refractivity contribution in [2.45, 2.75) is 25.1 Å². The van der Waals surface area contributed by atoms with E-state index in [-0.39, 0.29) is 12.4 Å². The van der Waals surface area contributed by atoms with Gasteiger partial charge < -0.3 is 9.84 Å². The third-order valence-electron chi connectivity index (χ3n) is 5.02. The number of pyridine rings is 1. The number of ether oxygens (including phenoxy) is 1. The van der Waals surface area contributed by atoms with Gasteiger partial charge in [0.25, 0.3) is 0 Å². The molecule has 0 bridgehead atoms. The number of para-hydroxylation sites is 1. The van der Waals surface area contributed by atoms with Gasteiger partial charge in [-0.2, -0.15) is 0 Å². The second-order valence-electron chi connectivity index (χ2n) is 7.53. The molecular weight excluding hydrogens is 436 g/mol.